The first-order valence-corrected chi connectivity index (χ1v) is 13.5. The number of ether oxygens (including phenoxy) is 3. The summed E-state index contributed by atoms with van der Waals surface area (Å²) in [6.07, 6.45) is 2.30. The number of carbonyl (C=O) groups is 1. The SMILES string of the molecule is CCCCOc1ccc(S(=O)(=O)C2(C(=O)OCC)CCN(CCOc3ccccc3)CC2)cc1. The summed E-state index contributed by atoms with van der Waals surface area (Å²) in [5.74, 6) is 0.745. The van der Waals surface area contributed by atoms with Crippen LogP contribution >= 0.6 is 0 Å². The molecule has 7 nitrogen and oxygen atoms in total. The van der Waals surface area contributed by atoms with Crippen LogP contribution in [0, 0.1) is 0 Å². The zero-order valence-corrected chi connectivity index (χ0v) is 20.9. The summed E-state index contributed by atoms with van der Waals surface area (Å²) in [4.78, 5) is 15.3. The van der Waals surface area contributed by atoms with Crippen LogP contribution < -0.4 is 9.47 Å². The number of unbranched alkanes of at least 4 members (excludes halogenated alkanes) is 1. The number of hydrogen-bond donors (Lipinski definition) is 0. The van der Waals surface area contributed by atoms with E-state index in [4.69, 9.17) is 14.2 Å². The van der Waals surface area contributed by atoms with E-state index in [0.29, 0.717) is 38.6 Å². The number of benzene rings is 2. The maximum absolute atomic E-state index is 13.7. The predicted molar refractivity (Wildman–Crippen MR) is 131 cm³/mol. The van der Waals surface area contributed by atoms with E-state index in [2.05, 4.69) is 11.8 Å². The summed E-state index contributed by atoms with van der Waals surface area (Å²) in [5, 5.41) is 0. The van der Waals surface area contributed by atoms with E-state index in [1.807, 2.05) is 30.3 Å². The number of piperidine rings is 1. The van der Waals surface area contributed by atoms with Gasteiger partial charge in [-0.3, -0.25) is 9.69 Å². The van der Waals surface area contributed by atoms with E-state index in [9.17, 15) is 13.2 Å². The molecular weight excluding hydrogens is 454 g/mol. The maximum atomic E-state index is 13.7. The van der Waals surface area contributed by atoms with E-state index < -0.39 is 20.6 Å². The Kier molecular flexibility index (Phi) is 9.36. The van der Waals surface area contributed by atoms with Gasteiger partial charge in [0.25, 0.3) is 0 Å². The highest BCUT2D eigenvalue weighted by Gasteiger charge is 2.54. The second-order valence-electron chi connectivity index (χ2n) is 8.39. The topological polar surface area (TPSA) is 82.1 Å². The zero-order chi connectivity index (χ0) is 24.4. The fourth-order valence-electron chi connectivity index (χ4n) is 4.07. The third kappa shape index (κ3) is 6.10. The van der Waals surface area contributed by atoms with Crippen molar-refractivity contribution in [1.82, 2.24) is 4.90 Å². The summed E-state index contributed by atoms with van der Waals surface area (Å²) in [5.41, 5.74) is 0. The van der Waals surface area contributed by atoms with E-state index in [1.165, 1.54) is 12.1 Å². The lowest BCUT2D eigenvalue weighted by molar-refractivity contribution is -0.147. The predicted octanol–water partition coefficient (Wildman–Crippen LogP) is 4.12. The van der Waals surface area contributed by atoms with Gasteiger partial charge in [-0.05, 0) is 62.6 Å². The molecule has 0 aromatic heterocycles. The van der Waals surface area contributed by atoms with Crippen LogP contribution in [0.15, 0.2) is 59.5 Å². The lowest BCUT2D eigenvalue weighted by Gasteiger charge is -2.39. The molecule has 0 unspecified atom stereocenters. The molecule has 2 aromatic rings. The van der Waals surface area contributed by atoms with E-state index in [-0.39, 0.29) is 24.3 Å². The number of sulfone groups is 1. The van der Waals surface area contributed by atoms with Crippen LogP contribution in [0.5, 0.6) is 11.5 Å². The Morgan fingerprint density at radius 3 is 2.15 bits per heavy atom. The first-order valence-electron chi connectivity index (χ1n) is 12.0. The van der Waals surface area contributed by atoms with Crippen LogP contribution in [-0.2, 0) is 19.4 Å². The molecule has 1 aliphatic heterocycles. The fourth-order valence-corrected chi connectivity index (χ4v) is 6.01. The molecule has 0 N–H and O–H groups in total. The van der Waals surface area contributed by atoms with Crippen LogP contribution in [0.1, 0.15) is 39.5 Å². The molecule has 0 radical (unpaired) electrons. The van der Waals surface area contributed by atoms with Crippen molar-refractivity contribution < 1.29 is 27.4 Å². The molecule has 0 spiro atoms. The smallest absolute Gasteiger partial charge is 0.327 e. The molecule has 1 fully saturated rings. The number of esters is 1. The van der Waals surface area contributed by atoms with Crippen LogP contribution in [0.3, 0.4) is 0 Å². The van der Waals surface area contributed by atoms with Gasteiger partial charge in [-0.25, -0.2) is 8.42 Å². The quantitative estimate of drug-likeness (QED) is 0.328. The largest absolute Gasteiger partial charge is 0.494 e. The van der Waals surface area contributed by atoms with Crippen molar-refractivity contribution in [1.29, 1.82) is 0 Å². The number of likely N-dealkylation sites (tertiary alicyclic amines) is 1. The Morgan fingerprint density at radius 1 is 0.912 bits per heavy atom. The van der Waals surface area contributed by atoms with Crippen molar-refractivity contribution in [3.05, 3.63) is 54.6 Å². The van der Waals surface area contributed by atoms with Crippen LogP contribution in [0.2, 0.25) is 0 Å². The average Bonchev–Trinajstić information content (AvgIpc) is 2.86. The average molecular weight is 490 g/mol. The van der Waals surface area contributed by atoms with Crippen molar-refractivity contribution in [3.8, 4) is 11.5 Å². The second-order valence-corrected chi connectivity index (χ2v) is 10.7. The zero-order valence-electron chi connectivity index (χ0n) is 20.1. The Labute approximate surface area is 202 Å². The lowest BCUT2D eigenvalue weighted by atomic mass is 9.95. The molecule has 34 heavy (non-hydrogen) atoms. The van der Waals surface area contributed by atoms with Crippen LogP contribution in [0.25, 0.3) is 0 Å². The first kappa shape index (κ1) is 26.0. The third-order valence-corrected chi connectivity index (χ3v) is 8.64. The summed E-state index contributed by atoms with van der Waals surface area (Å²) in [7, 11) is -3.96. The van der Waals surface area contributed by atoms with Gasteiger partial charge in [-0.1, -0.05) is 31.5 Å². The highest BCUT2D eigenvalue weighted by Crippen LogP contribution is 2.37. The molecule has 1 aliphatic rings. The molecule has 8 heteroatoms. The summed E-state index contributed by atoms with van der Waals surface area (Å²) in [6, 6.07) is 15.9. The summed E-state index contributed by atoms with van der Waals surface area (Å²) in [6.45, 7) is 6.56. The summed E-state index contributed by atoms with van der Waals surface area (Å²) >= 11 is 0. The first-order chi connectivity index (χ1) is 16.4. The van der Waals surface area contributed by atoms with Gasteiger partial charge in [0.15, 0.2) is 14.6 Å². The van der Waals surface area contributed by atoms with Gasteiger partial charge in [0.05, 0.1) is 18.1 Å². The van der Waals surface area contributed by atoms with Gasteiger partial charge in [0, 0.05) is 19.6 Å². The summed E-state index contributed by atoms with van der Waals surface area (Å²) < 4.78 is 42.5. The van der Waals surface area contributed by atoms with E-state index >= 15 is 0 Å². The van der Waals surface area contributed by atoms with Gasteiger partial charge < -0.3 is 14.2 Å². The Hall–Kier alpha value is -2.58. The molecule has 0 amide bonds. The minimum absolute atomic E-state index is 0.115. The number of carbonyl (C=O) groups excluding carboxylic acids is 1. The van der Waals surface area contributed by atoms with Crippen molar-refractivity contribution >= 4 is 15.8 Å². The molecule has 1 heterocycles. The van der Waals surface area contributed by atoms with Crippen LogP contribution in [0.4, 0.5) is 0 Å². The molecule has 0 bridgehead atoms. The van der Waals surface area contributed by atoms with Crippen molar-refractivity contribution in [2.45, 2.75) is 49.2 Å². The van der Waals surface area contributed by atoms with Crippen molar-refractivity contribution in [3.63, 3.8) is 0 Å². The molecule has 0 aliphatic carbocycles. The lowest BCUT2D eigenvalue weighted by Crippen LogP contribution is -2.55. The third-order valence-electron chi connectivity index (χ3n) is 6.15. The van der Waals surface area contributed by atoms with Crippen molar-refractivity contribution in [2.75, 3.05) is 39.5 Å². The number of hydrogen-bond acceptors (Lipinski definition) is 7. The molecule has 0 atom stereocenters. The van der Waals surface area contributed by atoms with Gasteiger partial charge in [-0.2, -0.15) is 0 Å². The minimum Gasteiger partial charge on any atom is -0.494 e. The molecule has 1 saturated heterocycles. The standard InChI is InChI=1S/C26H35NO6S/c1-3-5-20-32-23-11-13-24(14-12-23)34(29,30)26(25(28)31-4-2)15-17-27(18-16-26)19-21-33-22-9-7-6-8-10-22/h6-14H,3-5,15-21H2,1-2H3. The highest BCUT2D eigenvalue weighted by molar-refractivity contribution is 7.93. The number of para-hydroxylation sites is 1. The normalized spacial score (nSPS) is 16.1. The second kappa shape index (κ2) is 12.2. The molecular formula is C26H35NO6S. The Balaban J connectivity index is 1.69. The van der Waals surface area contributed by atoms with Gasteiger partial charge in [0.2, 0.25) is 0 Å². The Bertz CT molecular complexity index is 999. The van der Waals surface area contributed by atoms with Gasteiger partial charge >= 0.3 is 5.97 Å². The highest BCUT2D eigenvalue weighted by atomic mass is 32.2. The van der Waals surface area contributed by atoms with Gasteiger partial charge in [0.1, 0.15) is 18.1 Å². The maximum Gasteiger partial charge on any atom is 0.327 e. The van der Waals surface area contributed by atoms with Crippen LogP contribution in [-0.4, -0.2) is 63.5 Å². The number of nitrogens with zero attached hydrogens (tertiary/aromatic N) is 1. The van der Waals surface area contributed by atoms with E-state index in [1.54, 1.807) is 19.1 Å². The van der Waals surface area contributed by atoms with E-state index in [0.717, 1.165) is 18.6 Å². The number of rotatable bonds is 12. The fraction of sp³-hybridized carbons (Fsp3) is 0.500. The molecule has 0 saturated carbocycles. The Morgan fingerprint density at radius 2 is 1.53 bits per heavy atom. The minimum atomic E-state index is -3.96. The monoisotopic (exact) mass is 489 g/mol. The van der Waals surface area contributed by atoms with Crippen molar-refractivity contribution in [2.24, 2.45) is 0 Å². The molecule has 186 valence electrons. The molecule has 3 rings (SSSR count). The molecule has 2 aromatic carbocycles. The van der Waals surface area contributed by atoms with Gasteiger partial charge in [-0.15, -0.1) is 0 Å².